The van der Waals surface area contributed by atoms with E-state index in [1.807, 2.05) is 38.1 Å². The average Bonchev–Trinajstić information content (AvgIpc) is 3.43. The van der Waals surface area contributed by atoms with Crippen LogP contribution in [-0.4, -0.2) is 88.6 Å². The molecule has 0 radical (unpaired) electrons. The lowest BCUT2D eigenvalue weighted by Crippen LogP contribution is -2.39. The van der Waals surface area contributed by atoms with Crippen LogP contribution >= 0.6 is 0 Å². The fourth-order valence-electron chi connectivity index (χ4n) is 5.51. The molecule has 10 heteroatoms. The number of morpholine rings is 1. The molecule has 0 spiro atoms. The Labute approximate surface area is 233 Å². The minimum absolute atomic E-state index is 0.0386. The molecule has 212 valence electrons. The number of aryl methyl sites for hydroxylation is 1. The van der Waals surface area contributed by atoms with Gasteiger partial charge in [0.25, 0.3) is 11.7 Å². The summed E-state index contributed by atoms with van der Waals surface area (Å²) in [5, 5.41) is 11.7. The minimum atomic E-state index is -0.798. The first-order chi connectivity index (χ1) is 19.4. The van der Waals surface area contributed by atoms with Gasteiger partial charge in [0.05, 0.1) is 43.7 Å². The fraction of sp³-hybridized carbons (Fsp3) is 0.433. The van der Waals surface area contributed by atoms with E-state index in [2.05, 4.69) is 9.88 Å². The Balaban J connectivity index is 1.59. The zero-order valence-corrected chi connectivity index (χ0v) is 23.3. The number of likely N-dealkylation sites (tertiary alicyclic amines) is 1. The van der Waals surface area contributed by atoms with Crippen LogP contribution in [0.3, 0.4) is 0 Å². The second kappa shape index (κ2) is 12.1. The van der Waals surface area contributed by atoms with E-state index in [0.717, 1.165) is 19.6 Å². The van der Waals surface area contributed by atoms with E-state index < -0.39 is 17.7 Å². The second-order valence-electron chi connectivity index (χ2n) is 9.85. The number of carbonyl (C=O) groups is 2. The molecule has 40 heavy (non-hydrogen) atoms. The molecule has 2 aliphatic rings. The van der Waals surface area contributed by atoms with E-state index in [0.29, 0.717) is 73.5 Å². The zero-order valence-electron chi connectivity index (χ0n) is 23.3. The van der Waals surface area contributed by atoms with Crippen LogP contribution in [0.1, 0.15) is 43.3 Å². The van der Waals surface area contributed by atoms with Crippen molar-refractivity contribution in [2.24, 2.45) is 0 Å². The lowest BCUT2D eigenvalue weighted by molar-refractivity contribution is -0.140. The van der Waals surface area contributed by atoms with E-state index in [1.165, 1.54) is 0 Å². The van der Waals surface area contributed by atoms with Crippen molar-refractivity contribution in [3.05, 3.63) is 65.1 Å². The highest BCUT2D eigenvalue weighted by atomic mass is 16.5. The first kappa shape index (κ1) is 27.7. The monoisotopic (exact) mass is 548 g/mol. The van der Waals surface area contributed by atoms with Crippen molar-refractivity contribution in [2.75, 3.05) is 52.6 Å². The number of fused-ring (bicyclic) bond motifs is 1. The van der Waals surface area contributed by atoms with Crippen molar-refractivity contribution < 1.29 is 28.9 Å². The Morgan fingerprint density at radius 2 is 1.80 bits per heavy atom. The molecule has 1 atom stereocenters. The van der Waals surface area contributed by atoms with Gasteiger partial charge in [-0.2, -0.15) is 0 Å². The predicted molar refractivity (Wildman–Crippen MR) is 150 cm³/mol. The van der Waals surface area contributed by atoms with Gasteiger partial charge in [-0.25, -0.2) is 4.98 Å². The number of carbonyl (C=O) groups excluding carboxylic acids is 2. The molecule has 3 aromatic rings. The quantitative estimate of drug-likeness (QED) is 0.233. The Morgan fingerprint density at radius 1 is 1.05 bits per heavy atom. The summed E-state index contributed by atoms with van der Waals surface area (Å²) < 4.78 is 18.8. The molecule has 1 amide bonds. The maximum absolute atomic E-state index is 13.6. The van der Waals surface area contributed by atoms with E-state index in [9.17, 15) is 14.7 Å². The average molecular weight is 549 g/mol. The summed E-state index contributed by atoms with van der Waals surface area (Å²) >= 11 is 0. The third-order valence-electron chi connectivity index (χ3n) is 7.33. The maximum Gasteiger partial charge on any atom is 0.295 e. The van der Waals surface area contributed by atoms with E-state index in [1.54, 1.807) is 34.6 Å². The third-order valence-corrected chi connectivity index (χ3v) is 7.33. The van der Waals surface area contributed by atoms with Crippen molar-refractivity contribution in [3.63, 3.8) is 0 Å². The minimum Gasteiger partial charge on any atom is -0.505 e. The lowest BCUT2D eigenvalue weighted by Gasteiger charge is -2.29. The summed E-state index contributed by atoms with van der Waals surface area (Å²) in [5.41, 5.74) is 2.28. The molecule has 5 rings (SSSR count). The van der Waals surface area contributed by atoms with Crippen LogP contribution in [0.5, 0.6) is 11.5 Å². The molecule has 1 unspecified atom stereocenters. The van der Waals surface area contributed by atoms with Crippen molar-refractivity contribution in [1.29, 1.82) is 0 Å². The Hall–Kier alpha value is -3.89. The molecule has 4 heterocycles. The summed E-state index contributed by atoms with van der Waals surface area (Å²) in [4.78, 5) is 35.5. The molecular formula is C30H36N4O6. The number of rotatable bonds is 10. The standard InChI is InChI=1S/C30H36N4O6/c1-4-39-22-11-10-21(19-23(22)40-5-2)27-25(28(35)26-20(3)31-24-9-6-7-13-33(24)26)29(36)30(37)34(27)14-8-12-32-15-17-38-18-16-32/h6-7,9-11,13,19,27,35H,4-5,8,12,14-18H2,1-3H3/b28-25+. The molecule has 1 N–H and O–H groups in total. The van der Waals surface area contributed by atoms with E-state index >= 15 is 0 Å². The summed E-state index contributed by atoms with van der Waals surface area (Å²) in [6.45, 7) is 10.6. The van der Waals surface area contributed by atoms with Gasteiger partial charge in [-0.15, -0.1) is 0 Å². The number of benzene rings is 1. The number of imidazole rings is 1. The number of aliphatic hydroxyl groups is 1. The lowest BCUT2D eigenvalue weighted by atomic mass is 9.95. The Morgan fingerprint density at radius 3 is 2.55 bits per heavy atom. The highest BCUT2D eigenvalue weighted by Crippen LogP contribution is 2.42. The second-order valence-corrected chi connectivity index (χ2v) is 9.85. The summed E-state index contributed by atoms with van der Waals surface area (Å²) in [6.07, 6.45) is 2.45. The van der Waals surface area contributed by atoms with Crippen LogP contribution in [-0.2, 0) is 14.3 Å². The number of aliphatic hydroxyl groups excluding tert-OH is 1. The van der Waals surface area contributed by atoms with Crippen LogP contribution in [0.15, 0.2) is 48.2 Å². The number of pyridine rings is 1. The van der Waals surface area contributed by atoms with E-state index in [-0.39, 0.29) is 11.3 Å². The fourth-order valence-corrected chi connectivity index (χ4v) is 5.51. The van der Waals surface area contributed by atoms with Gasteiger partial charge >= 0.3 is 0 Å². The Kier molecular flexibility index (Phi) is 8.37. The third kappa shape index (κ3) is 5.29. The highest BCUT2D eigenvalue weighted by molar-refractivity contribution is 6.46. The van der Waals surface area contributed by atoms with Crippen molar-refractivity contribution in [3.8, 4) is 11.5 Å². The van der Waals surface area contributed by atoms with Crippen LogP contribution < -0.4 is 9.47 Å². The number of aromatic nitrogens is 2. The van der Waals surface area contributed by atoms with Crippen LogP contribution in [0.25, 0.3) is 11.4 Å². The van der Waals surface area contributed by atoms with Crippen molar-refractivity contribution in [2.45, 2.75) is 33.2 Å². The number of hydrogen-bond donors (Lipinski definition) is 1. The summed E-state index contributed by atoms with van der Waals surface area (Å²) in [5.74, 6) is -0.498. The molecule has 10 nitrogen and oxygen atoms in total. The van der Waals surface area contributed by atoms with Crippen LogP contribution in [0.2, 0.25) is 0 Å². The molecule has 2 fully saturated rings. The number of ketones is 1. The molecule has 2 aliphatic heterocycles. The number of nitrogens with zero attached hydrogens (tertiary/aromatic N) is 4. The van der Waals surface area contributed by atoms with Gasteiger partial charge in [0.2, 0.25) is 0 Å². The number of Topliss-reactive ketones (excluding diaryl/α,β-unsaturated/α-hetero) is 1. The molecule has 0 bridgehead atoms. The Bertz CT molecular complexity index is 1420. The molecule has 0 aliphatic carbocycles. The highest BCUT2D eigenvalue weighted by Gasteiger charge is 2.46. The van der Waals surface area contributed by atoms with Crippen LogP contribution in [0.4, 0.5) is 0 Å². The van der Waals surface area contributed by atoms with Gasteiger partial charge < -0.3 is 24.2 Å². The number of amides is 1. The maximum atomic E-state index is 13.6. The predicted octanol–water partition coefficient (Wildman–Crippen LogP) is 3.58. The first-order valence-electron chi connectivity index (χ1n) is 13.9. The molecule has 0 saturated carbocycles. The largest absolute Gasteiger partial charge is 0.505 e. The molecule has 2 saturated heterocycles. The SMILES string of the molecule is CCOc1ccc(C2/C(=C(\O)c3c(C)nc4ccccn34)C(=O)C(=O)N2CCCN2CCOCC2)cc1OCC. The number of ether oxygens (including phenoxy) is 3. The molecule has 2 aromatic heterocycles. The van der Waals surface area contributed by atoms with Gasteiger partial charge in [-0.3, -0.25) is 18.9 Å². The van der Waals surface area contributed by atoms with Crippen molar-refractivity contribution in [1.82, 2.24) is 19.2 Å². The molecular weight excluding hydrogens is 512 g/mol. The summed E-state index contributed by atoms with van der Waals surface area (Å²) in [6, 6.07) is 10.1. The topological polar surface area (TPSA) is 106 Å². The van der Waals surface area contributed by atoms with Crippen LogP contribution in [0, 0.1) is 6.92 Å². The van der Waals surface area contributed by atoms with E-state index in [4.69, 9.17) is 14.2 Å². The van der Waals surface area contributed by atoms with Gasteiger partial charge in [0, 0.05) is 32.4 Å². The summed E-state index contributed by atoms with van der Waals surface area (Å²) in [7, 11) is 0. The van der Waals surface area contributed by atoms with Crippen molar-refractivity contribution >= 4 is 23.1 Å². The normalized spacial score (nSPS) is 19.5. The number of hydrogen-bond acceptors (Lipinski definition) is 8. The smallest absolute Gasteiger partial charge is 0.295 e. The first-order valence-corrected chi connectivity index (χ1v) is 13.9. The molecule has 1 aromatic carbocycles. The zero-order chi connectivity index (χ0) is 28.2. The van der Waals surface area contributed by atoms with Gasteiger partial charge in [0.1, 0.15) is 11.3 Å². The van der Waals surface area contributed by atoms with Gasteiger partial charge in [-0.05, 0) is 57.0 Å². The van der Waals surface area contributed by atoms with Gasteiger partial charge in [-0.1, -0.05) is 12.1 Å². The van der Waals surface area contributed by atoms with Gasteiger partial charge in [0.15, 0.2) is 17.3 Å².